The summed E-state index contributed by atoms with van der Waals surface area (Å²) in [6.45, 7) is 4.62. The van der Waals surface area contributed by atoms with E-state index >= 15 is 0 Å². The number of fused-ring (bicyclic) bond motifs is 1. The van der Waals surface area contributed by atoms with Crippen LogP contribution in [0.2, 0.25) is 5.02 Å². The molecule has 3 heterocycles. The second kappa shape index (κ2) is 4.49. The normalized spacial score (nSPS) is 11.4. The molecule has 0 bridgehead atoms. The number of aryl methyl sites for hydroxylation is 2. The van der Waals surface area contributed by atoms with Crippen molar-refractivity contribution >= 4 is 28.7 Å². The van der Waals surface area contributed by atoms with Gasteiger partial charge in [-0.1, -0.05) is 11.6 Å². The minimum Gasteiger partial charge on any atom is -0.369 e. The standard InChI is InChI=1S/C13H15ClN6/c1-7-10(8(2)19(3)18-7)6-20-12-11(17-13(20)15)4-9(14)5-16-12/h4-5H,6H2,1-3H3,(H2,15,17). The van der Waals surface area contributed by atoms with Gasteiger partial charge in [-0.2, -0.15) is 5.10 Å². The fourth-order valence-corrected chi connectivity index (χ4v) is 2.52. The van der Waals surface area contributed by atoms with Crippen molar-refractivity contribution < 1.29 is 0 Å². The molecule has 0 radical (unpaired) electrons. The Bertz CT molecular complexity index is 801. The highest BCUT2D eigenvalue weighted by molar-refractivity contribution is 6.31. The van der Waals surface area contributed by atoms with Gasteiger partial charge in [0, 0.05) is 24.5 Å². The van der Waals surface area contributed by atoms with Crippen LogP contribution < -0.4 is 5.73 Å². The zero-order valence-corrected chi connectivity index (χ0v) is 12.3. The van der Waals surface area contributed by atoms with Crippen LogP contribution in [0.15, 0.2) is 12.3 Å². The zero-order chi connectivity index (χ0) is 14.4. The highest BCUT2D eigenvalue weighted by Gasteiger charge is 2.15. The molecule has 2 N–H and O–H groups in total. The van der Waals surface area contributed by atoms with Crippen molar-refractivity contribution in [3.05, 3.63) is 34.2 Å². The summed E-state index contributed by atoms with van der Waals surface area (Å²) in [6, 6.07) is 1.76. The number of rotatable bonds is 2. The van der Waals surface area contributed by atoms with E-state index in [4.69, 9.17) is 17.3 Å². The number of nitrogen functional groups attached to an aromatic ring is 1. The first-order chi connectivity index (χ1) is 9.47. The molecule has 0 aliphatic carbocycles. The van der Waals surface area contributed by atoms with Crippen LogP contribution in [-0.4, -0.2) is 24.3 Å². The number of nitrogens with zero attached hydrogens (tertiary/aromatic N) is 5. The molecule has 0 atom stereocenters. The SMILES string of the molecule is Cc1nn(C)c(C)c1Cn1c(N)nc2cc(Cl)cnc21. The Morgan fingerprint density at radius 3 is 2.75 bits per heavy atom. The lowest BCUT2D eigenvalue weighted by atomic mass is 10.2. The van der Waals surface area contributed by atoms with E-state index in [1.165, 1.54) is 0 Å². The van der Waals surface area contributed by atoms with E-state index in [-0.39, 0.29) is 0 Å². The van der Waals surface area contributed by atoms with Crippen LogP contribution in [0.3, 0.4) is 0 Å². The summed E-state index contributed by atoms with van der Waals surface area (Å²) in [5.41, 5.74) is 10.7. The highest BCUT2D eigenvalue weighted by Crippen LogP contribution is 2.22. The summed E-state index contributed by atoms with van der Waals surface area (Å²) >= 11 is 5.93. The molecule has 0 saturated carbocycles. The van der Waals surface area contributed by atoms with Gasteiger partial charge in [-0.3, -0.25) is 9.25 Å². The lowest BCUT2D eigenvalue weighted by Gasteiger charge is -2.06. The maximum atomic E-state index is 6.00. The zero-order valence-electron chi connectivity index (χ0n) is 11.6. The molecule has 104 valence electrons. The first-order valence-corrected chi connectivity index (χ1v) is 6.61. The minimum absolute atomic E-state index is 0.428. The van der Waals surface area contributed by atoms with Crippen molar-refractivity contribution in [3.63, 3.8) is 0 Å². The molecule has 0 unspecified atom stereocenters. The smallest absolute Gasteiger partial charge is 0.202 e. The molecule has 0 spiro atoms. The van der Waals surface area contributed by atoms with Crippen molar-refractivity contribution in [3.8, 4) is 0 Å². The molecular weight excluding hydrogens is 276 g/mol. The fourth-order valence-electron chi connectivity index (χ4n) is 2.36. The van der Waals surface area contributed by atoms with Gasteiger partial charge in [0.05, 0.1) is 17.3 Å². The number of nitrogens with two attached hydrogens (primary N) is 1. The third-order valence-electron chi connectivity index (χ3n) is 3.56. The molecule has 0 fully saturated rings. The molecule has 0 saturated heterocycles. The average molecular weight is 291 g/mol. The van der Waals surface area contributed by atoms with Gasteiger partial charge < -0.3 is 5.73 Å². The van der Waals surface area contributed by atoms with Gasteiger partial charge >= 0.3 is 0 Å². The Morgan fingerprint density at radius 1 is 1.35 bits per heavy atom. The second-order valence-corrected chi connectivity index (χ2v) is 5.26. The van der Waals surface area contributed by atoms with Gasteiger partial charge in [0.15, 0.2) is 5.65 Å². The Hall–Kier alpha value is -2.08. The molecular formula is C13H15ClN6. The Kier molecular flexibility index (Phi) is 2.90. The van der Waals surface area contributed by atoms with Crippen LogP contribution in [0.1, 0.15) is 17.0 Å². The monoisotopic (exact) mass is 290 g/mol. The average Bonchev–Trinajstić information content (AvgIpc) is 2.81. The second-order valence-electron chi connectivity index (χ2n) is 4.83. The van der Waals surface area contributed by atoms with Gasteiger partial charge in [-0.25, -0.2) is 9.97 Å². The van der Waals surface area contributed by atoms with E-state index < -0.39 is 0 Å². The van der Waals surface area contributed by atoms with E-state index in [9.17, 15) is 0 Å². The van der Waals surface area contributed by atoms with Crippen LogP contribution in [0.5, 0.6) is 0 Å². The van der Waals surface area contributed by atoms with E-state index in [1.54, 1.807) is 12.3 Å². The minimum atomic E-state index is 0.428. The van der Waals surface area contributed by atoms with E-state index in [0.717, 1.165) is 22.6 Å². The first kappa shape index (κ1) is 12.9. The van der Waals surface area contributed by atoms with E-state index in [0.29, 0.717) is 23.0 Å². The third kappa shape index (κ3) is 1.92. The molecule has 6 nitrogen and oxygen atoms in total. The Morgan fingerprint density at radius 2 is 2.10 bits per heavy atom. The maximum absolute atomic E-state index is 6.00. The quantitative estimate of drug-likeness (QED) is 0.784. The van der Waals surface area contributed by atoms with Crippen LogP contribution >= 0.6 is 11.6 Å². The lowest BCUT2D eigenvalue weighted by molar-refractivity contribution is 0.728. The summed E-state index contributed by atoms with van der Waals surface area (Å²) in [7, 11) is 1.93. The van der Waals surface area contributed by atoms with Crippen LogP contribution in [0, 0.1) is 13.8 Å². The fraction of sp³-hybridized carbons (Fsp3) is 0.308. The van der Waals surface area contributed by atoms with Crippen LogP contribution in [0.4, 0.5) is 5.95 Å². The molecule has 0 aliphatic rings. The number of hydrogen-bond donors (Lipinski definition) is 1. The Labute approximate surface area is 121 Å². The van der Waals surface area contributed by atoms with Crippen molar-refractivity contribution in [2.45, 2.75) is 20.4 Å². The van der Waals surface area contributed by atoms with Crippen molar-refractivity contribution in [2.24, 2.45) is 7.05 Å². The number of anilines is 1. The number of imidazole rings is 1. The third-order valence-corrected chi connectivity index (χ3v) is 3.76. The van der Waals surface area contributed by atoms with Crippen molar-refractivity contribution in [2.75, 3.05) is 5.73 Å². The molecule has 7 heteroatoms. The van der Waals surface area contributed by atoms with Crippen molar-refractivity contribution in [1.29, 1.82) is 0 Å². The molecule has 3 aromatic heterocycles. The molecule has 20 heavy (non-hydrogen) atoms. The Balaban J connectivity index is 2.13. The summed E-state index contributed by atoms with van der Waals surface area (Å²) in [5, 5.41) is 4.97. The molecule has 3 rings (SSSR count). The van der Waals surface area contributed by atoms with Crippen LogP contribution in [-0.2, 0) is 13.6 Å². The molecule has 0 amide bonds. The van der Waals surface area contributed by atoms with Gasteiger partial charge in [0.1, 0.15) is 5.52 Å². The summed E-state index contributed by atoms with van der Waals surface area (Å²) in [4.78, 5) is 8.63. The number of pyridine rings is 1. The first-order valence-electron chi connectivity index (χ1n) is 6.23. The van der Waals surface area contributed by atoms with Gasteiger partial charge in [-0.05, 0) is 19.9 Å². The largest absolute Gasteiger partial charge is 0.369 e. The summed E-state index contributed by atoms with van der Waals surface area (Å²) in [6.07, 6.45) is 1.60. The number of halogens is 1. The molecule has 0 aromatic carbocycles. The van der Waals surface area contributed by atoms with Crippen LogP contribution in [0.25, 0.3) is 11.2 Å². The van der Waals surface area contributed by atoms with Gasteiger partial charge in [-0.15, -0.1) is 0 Å². The lowest BCUT2D eigenvalue weighted by Crippen LogP contribution is -2.07. The predicted molar refractivity (Wildman–Crippen MR) is 78.7 cm³/mol. The molecule has 3 aromatic rings. The summed E-state index contributed by atoms with van der Waals surface area (Å²) < 4.78 is 3.74. The van der Waals surface area contributed by atoms with E-state index in [2.05, 4.69) is 15.1 Å². The van der Waals surface area contributed by atoms with Gasteiger partial charge in [0.2, 0.25) is 5.95 Å². The van der Waals surface area contributed by atoms with Crippen molar-refractivity contribution in [1.82, 2.24) is 24.3 Å². The highest BCUT2D eigenvalue weighted by atomic mass is 35.5. The predicted octanol–water partition coefficient (Wildman–Crippen LogP) is 2.07. The summed E-state index contributed by atoms with van der Waals surface area (Å²) in [5.74, 6) is 0.428. The maximum Gasteiger partial charge on any atom is 0.202 e. The number of hydrogen-bond acceptors (Lipinski definition) is 4. The van der Waals surface area contributed by atoms with E-state index in [1.807, 2.05) is 30.1 Å². The van der Waals surface area contributed by atoms with Gasteiger partial charge in [0.25, 0.3) is 0 Å². The topological polar surface area (TPSA) is 74.5 Å². The molecule has 0 aliphatic heterocycles. The number of aromatic nitrogens is 5.